The Hall–Kier alpha value is -1.32. The molecule has 0 spiro atoms. The van der Waals surface area contributed by atoms with E-state index in [0.717, 1.165) is 11.3 Å². The third kappa shape index (κ3) is 1.88. The van der Waals surface area contributed by atoms with E-state index in [1.165, 1.54) is 36.1 Å². The lowest BCUT2D eigenvalue weighted by Crippen LogP contribution is -2.32. The van der Waals surface area contributed by atoms with Gasteiger partial charge in [0.2, 0.25) is 0 Å². The molecule has 1 aromatic carbocycles. The fourth-order valence-electron chi connectivity index (χ4n) is 3.65. The second-order valence-electron chi connectivity index (χ2n) is 5.81. The van der Waals surface area contributed by atoms with E-state index in [2.05, 4.69) is 17.5 Å². The van der Waals surface area contributed by atoms with E-state index in [1.54, 1.807) is 0 Å². The van der Waals surface area contributed by atoms with Gasteiger partial charge in [-0.25, -0.2) is 0 Å². The molecular formula is C17H19NOS. The number of para-hydroxylation sites is 1. The van der Waals surface area contributed by atoms with Crippen molar-refractivity contribution in [3.63, 3.8) is 0 Å². The molecule has 2 aromatic rings. The number of anilines is 1. The quantitative estimate of drug-likeness (QED) is 0.784. The van der Waals surface area contributed by atoms with Gasteiger partial charge in [-0.2, -0.15) is 0 Å². The molecular weight excluding hydrogens is 266 g/mol. The molecule has 2 aliphatic rings. The maximum Gasteiger partial charge on any atom is 0.111 e. The maximum atomic E-state index is 6.47. The monoisotopic (exact) mass is 285 g/mol. The Kier molecular flexibility index (Phi) is 3.04. The van der Waals surface area contributed by atoms with E-state index in [1.807, 2.05) is 29.5 Å². The third-order valence-corrected chi connectivity index (χ3v) is 5.70. The summed E-state index contributed by atoms with van der Waals surface area (Å²) in [5, 5.41) is 2.21. The molecule has 0 radical (unpaired) electrons. The molecule has 3 atom stereocenters. The highest BCUT2D eigenvalue weighted by Gasteiger charge is 2.38. The van der Waals surface area contributed by atoms with E-state index in [9.17, 15) is 0 Å². The van der Waals surface area contributed by atoms with Crippen molar-refractivity contribution in [2.24, 2.45) is 0 Å². The highest BCUT2D eigenvalue weighted by molar-refractivity contribution is 7.10. The van der Waals surface area contributed by atoms with Gasteiger partial charge in [0.05, 0.1) is 6.10 Å². The number of ether oxygens (including phenoxy) is 1. The van der Waals surface area contributed by atoms with Gasteiger partial charge in [-0.15, -0.1) is 11.3 Å². The summed E-state index contributed by atoms with van der Waals surface area (Å²) in [5.41, 5.74) is 9.47. The molecule has 0 amide bonds. The molecule has 104 valence electrons. The topological polar surface area (TPSA) is 35.2 Å². The smallest absolute Gasteiger partial charge is 0.111 e. The van der Waals surface area contributed by atoms with Gasteiger partial charge in [-0.1, -0.05) is 31.0 Å². The summed E-state index contributed by atoms with van der Waals surface area (Å²) in [6.45, 7) is 0. The van der Waals surface area contributed by atoms with Gasteiger partial charge >= 0.3 is 0 Å². The van der Waals surface area contributed by atoms with Crippen LogP contribution in [0.3, 0.4) is 0 Å². The van der Waals surface area contributed by atoms with Crippen LogP contribution in [0.4, 0.5) is 5.69 Å². The summed E-state index contributed by atoms with van der Waals surface area (Å²) in [7, 11) is 0. The van der Waals surface area contributed by atoms with Gasteiger partial charge in [0.15, 0.2) is 0 Å². The molecule has 4 rings (SSSR count). The van der Waals surface area contributed by atoms with Crippen LogP contribution in [0, 0.1) is 0 Å². The number of nitrogen functional groups attached to an aromatic ring is 1. The van der Waals surface area contributed by atoms with Crippen LogP contribution in [-0.2, 0) is 4.74 Å². The van der Waals surface area contributed by atoms with E-state index in [0.29, 0.717) is 12.0 Å². The first-order valence-electron chi connectivity index (χ1n) is 7.42. The van der Waals surface area contributed by atoms with Crippen molar-refractivity contribution >= 4 is 17.0 Å². The minimum absolute atomic E-state index is 0.0248. The Morgan fingerprint density at radius 2 is 1.90 bits per heavy atom. The van der Waals surface area contributed by atoms with Crippen LogP contribution >= 0.6 is 11.3 Å². The summed E-state index contributed by atoms with van der Waals surface area (Å²) < 4.78 is 6.47. The van der Waals surface area contributed by atoms with Crippen molar-refractivity contribution in [1.82, 2.24) is 0 Å². The summed E-state index contributed by atoms with van der Waals surface area (Å²) >= 11 is 1.89. The summed E-state index contributed by atoms with van der Waals surface area (Å²) in [6.07, 6.45) is 5.48. The molecule has 0 unspecified atom stereocenters. The molecule has 0 saturated heterocycles. The van der Waals surface area contributed by atoms with E-state index >= 15 is 0 Å². The van der Waals surface area contributed by atoms with Gasteiger partial charge in [-0.05, 0) is 35.9 Å². The lowest BCUT2D eigenvalue weighted by atomic mass is 9.80. The molecule has 2 N–H and O–H groups in total. The average Bonchev–Trinajstić information content (AvgIpc) is 2.97. The summed E-state index contributed by atoms with van der Waals surface area (Å²) in [6, 6.07) is 10.3. The summed E-state index contributed by atoms with van der Waals surface area (Å²) in [4.78, 5) is 1.54. The Labute approximate surface area is 123 Å². The number of nitrogens with two attached hydrogens (primary N) is 1. The first kappa shape index (κ1) is 12.4. The Bertz CT molecular complexity index is 621. The van der Waals surface area contributed by atoms with Crippen molar-refractivity contribution in [3.05, 3.63) is 51.7 Å². The first-order valence-corrected chi connectivity index (χ1v) is 8.29. The minimum atomic E-state index is 0.0248. The molecule has 1 aliphatic carbocycles. The first-order chi connectivity index (χ1) is 9.84. The van der Waals surface area contributed by atoms with E-state index in [4.69, 9.17) is 10.5 Å². The van der Waals surface area contributed by atoms with Crippen molar-refractivity contribution in [3.8, 4) is 0 Å². The van der Waals surface area contributed by atoms with Crippen molar-refractivity contribution in [2.45, 2.75) is 43.8 Å². The van der Waals surface area contributed by atoms with E-state index < -0.39 is 0 Å². The molecule has 0 bridgehead atoms. The van der Waals surface area contributed by atoms with Gasteiger partial charge in [0, 0.05) is 22.0 Å². The zero-order valence-electron chi connectivity index (χ0n) is 11.4. The van der Waals surface area contributed by atoms with E-state index in [-0.39, 0.29) is 6.10 Å². The average molecular weight is 285 g/mol. The number of rotatable bonds is 1. The van der Waals surface area contributed by atoms with Crippen LogP contribution in [0.15, 0.2) is 35.7 Å². The highest BCUT2D eigenvalue weighted by atomic mass is 32.1. The number of hydrogen-bond donors (Lipinski definition) is 1. The SMILES string of the molecule is Nc1ccccc1[C@@H]1O[C@H]2CCCC[C@H]2c2sccc21. The van der Waals surface area contributed by atoms with Gasteiger partial charge in [-0.3, -0.25) is 0 Å². The number of thiophene rings is 1. The van der Waals surface area contributed by atoms with Crippen LogP contribution in [-0.4, -0.2) is 6.10 Å². The second kappa shape index (κ2) is 4.90. The second-order valence-corrected chi connectivity index (χ2v) is 6.76. The van der Waals surface area contributed by atoms with Crippen molar-refractivity contribution in [1.29, 1.82) is 0 Å². The lowest BCUT2D eigenvalue weighted by Gasteiger charge is -2.39. The van der Waals surface area contributed by atoms with Crippen LogP contribution in [0.25, 0.3) is 0 Å². The summed E-state index contributed by atoms with van der Waals surface area (Å²) in [5.74, 6) is 0.611. The van der Waals surface area contributed by atoms with Crippen LogP contribution < -0.4 is 5.73 Å². The predicted molar refractivity (Wildman–Crippen MR) is 83.1 cm³/mol. The zero-order chi connectivity index (χ0) is 13.5. The fraction of sp³-hybridized carbons (Fsp3) is 0.412. The Balaban J connectivity index is 1.80. The molecule has 2 heterocycles. The molecule has 1 saturated carbocycles. The largest absolute Gasteiger partial charge is 0.398 e. The fourth-order valence-corrected chi connectivity index (χ4v) is 4.76. The lowest BCUT2D eigenvalue weighted by molar-refractivity contribution is -0.0371. The van der Waals surface area contributed by atoms with Gasteiger partial charge < -0.3 is 10.5 Å². The Morgan fingerprint density at radius 1 is 1.05 bits per heavy atom. The van der Waals surface area contributed by atoms with Crippen molar-refractivity contribution in [2.75, 3.05) is 5.73 Å². The number of fused-ring (bicyclic) bond motifs is 3. The van der Waals surface area contributed by atoms with Crippen LogP contribution in [0.1, 0.15) is 53.7 Å². The van der Waals surface area contributed by atoms with Crippen LogP contribution in [0.2, 0.25) is 0 Å². The van der Waals surface area contributed by atoms with Gasteiger partial charge in [0.25, 0.3) is 0 Å². The maximum absolute atomic E-state index is 6.47. The molecule has 3 heteroatoms. The molecule has 1 aliphatic heterocycles. The van der Waals surface area contributed by atoms with Crippen LogP contribution in [0.5, 0.6) is 0 Å². The van der Waals surface area contributed by atoms with Gasteiger partial charge in [0.1, 0.15) is 6.10 Å². The third-order valence-electron chi connectivity index (χ3n) is 4.64. The highest BCUT2D eigenvalue weighted by Crippen LogP contribution is 2.49. The molecule has 1 fully saturated rings. The predicted octanol–water partition coefficient (Wildman–Crippen LogP) is 4.48. The number of hydrogen-bond acceptors (Lipinski definition) is 3. The molecule has 20 heavy (non-hydrogen) atoms. The minimum Gasteiger partial charge on any atom is -0.398 e. The number of benzene rings is 1. The Morgan fingerprint density at radius 3 is 2.80 bits per heavy atom. The molecule has 1 aromatic heterocycles. The zero-order valence-corrected chi connectivity index (χ0v) is 12.2. The normalized spacial score (nSPS) is 28.7. The van der Waals surface area contributed by atoms with Crippen molar-refractivity contribution < 1.29 is 4.74 Å². The standard InChI is InChI=1S/C17H19NOS/c18-14-7-3-1-5-11(14)16-13-9-10-20-17(13)12-6-2-4-8-15(12)19-16/h1,3,5,7,9-10,12,15-16H,2,4,6,8,18H2/t12-,15+,16+/m1/s1. The molecule has 2 nitrogen and oxygen atoms in total.